The van der Waals surface area contributed by atoms with E-state index in [1.54, 1.807) is 13.8 Å². The first-order valence-corrected chi connectivity index (χ1v) is 8.16. The summed E-state index contributed by atoms with van der Waals surface area (Å²) in [6, 6.07) is 20.2. The Balaban J connectivity index is 2.13. The quantitative estimate of drug-likeness (QED) is 0.773. The van der Waals surface area contributed by atoms with Crippen LogP contribution in [0.3, 0.4) is 0 Å². The zero-order chi connectivity index (χ0) is 16.7. The van der Waals surface area contributed by atoms with Crippen LogP contribution in [-0.4, -0.2) is 24.9 Å². The number of ether oxygens (including phenoxy) is 1. The summed E-state index contributed by atoms with van der Waals surface area (Å²) in [6.07, 6.45) is -1.09. The molecule has 23 heavy (non-hydrogen) atoms. The van der Waals surface area contributed by atoms with Gasteiger partial charge in [0, 0.05) is 13.2 Å². The number of halogens is 1. The van der Waals surface area contributed by atoms with Crippen LogP contribution in [0.4, 0.5) is 4.39 Å². The van der Waals surface area contributed by atoms with Gasteiger partial charge in [-0.05, 0) is 31.9 Å². The van der Waals surface area contributed by atoms with E-state index in [2.05, 4.69) is 29.6 Å². The summed E-state index contributed by atoms with van der Waals surface area (Å²) >= 11 is 0. The Morgan fingerprint density at radius 3 is 1.87 bits per heavy atom. The number of benzene rings is 2. The molecule has 2 aromatic carbocycles. The van der Waals surface area contributed by atoms with Crippen LogP contribution in [0.25, 0.3) is 0 Å². The highest BCUT2D eigenvalue weighted by Gasteiger charge is 2.30. The zero-order valence-electron chi connectivity index (χ0n) is 14.1. The fraction of sp³-hybridized carbons (Fsp3) is 0.400. The summed E-state index contributed by atoms with van der Waals surface area (Å²) in [7, 11) is 0. The Morgan fingerprint density at radius 2 is 1.43 bits per heavy atom. The molecule has 0 amide bonds. The first-order valence-electron chi connectivity index (χ1n) is 8.16. The van der Waals surface area contributed by atoms with Crippen molar-refractivity contribution in [2.75, 3.05) is 13.2 Å². The van der Waals surface area contributed by atoms with E-state index in [9.17, 15) is 4.39 Å². The predicted octanol–water partition coefficient (Wildman–Crippen LogP) is 4.52. The Hall–Kier alpha value is -1.71. The first kappa shape index (κ1) is 17.6. The molecule has 0 aromatic heterocycles. The first-order chi connectivity index (χ1) is 11.0. The van der Waals surface area contributed by atoms with Gasteiger partial charge in [-0.2, -0.15) is 0 Å². The highest BCUT2D eigenvalue weighted by Crippen LogP contribution is 2.23. The second-order valence-electron chi connectivity index (χ2n) is 6.17. The van der Waals surface area contributed by atoms with Gasteiger partial charge < -0.3 is 10.1 Å². The standard InChI is InChI=1S/C20H26FNO/c1-4-23-20(2,3)18(21)15-22-19(16-11-7-5-8-12-16)17-13-9-6-10-14-17/h5-14,18-19,22H,4,15H2,1-3H3. The third-order valence-electron chi connectivity index (χ3n) is 4.04. The molecule has 1 unspecified atom stereocenters. The molecule has 0 aliphatic rings. The molecular weight excluding hydrogens is 289 g/mol. The third kappa shape index (κ3) is 4.88. The summed E-state index contributed by atoms with van der Waals surface area (Å²) in [4.78, 5) is 0. The Bertz CT molecular complexity index is 531. The lowest BCUT2D eigenvalue weighted by atomic mass is 9.97. The fourth-order valence-corrected chi connectivity index (χ4v) is 2.65. The SMILES string of the molecule is CCOC(C)(C)C(F)CNC(c1ccccc1)c1ccccc1. The van der Waals surface area contributed by atoms with E-state index in [1.165, 1.54) is 0 Å². The molecule has 0 saturated carbocycles. The molecule has 3 heteroatoms. The van der Waals surface area contributed by atoms with Gasteiger partial charge in [0.2, 0.25) is 0 Å². The molecule has 0 heterocycles. The second-order valence-corrected chi connectivity index (χ2v) is 6.17. The fourth-order valence-electron chi connectivity index (χ4n) is 2.65. The Morgan fingerprint density at radius 1 is 0.957 bits per heavy atom. The van der Waals surface area contributed by atoms with Gasteiger partial charge in [-0.1, -0.05) is 60.7 Å². The van der Waals surface area contributed by atoms with Gasteiger partial charge in [-0.15, -0.1) is 0 Å². The molecule has 0 radical (unpaired) electrons. The van der Waals surface area contributed by atoms with Crippen molar-refractivity contribution in [1.29, 1.82) is 0 Å². The molecule has 2 rings (SSSR count). The van der Waals surface area contributed by atoms with Crippen molar-refractivity contribution in [1.82, 2.24) is 5.32 Å². The zero-order valence-corrected chi connectivity index (χ0v) is 14.1. The van der Waals surface area contributed by atoms with Gasteiger partial charge in [0.1, 0.15) is 6.17 Å². The van der Waals surface area contributed by atoms with Crippen molar-refractivity contribution in [2.45, 2.75) is 38.6 Å². The summed E-state index contributed by atoms with van der Waals surface area (Å²) in [5.41, 5.74) is 1.46. The molecule has 0 bridgehead atoms. The molecule has 124 valence electrons. The van der Waals surface area contributed by atoms with Crippen LogP contribution in [0.1, 0.15) is 37.9 Å². The van der Waals surface area contributed by atoms with Crippen molar-refractivity contribution in [3.05, 3.63) is 71.8 Å². The minimum Gasteiger partial charge on any atom is -0.373 e. The minimum atomic E-state index is -1.09. The summed E-state index contributed by atoms with van der Waals surface area (Å²) in [5.74, 6) is 0. The van der Waals surface area contributed by atoms with E-state index < -0.39 is 11.8 Å². The number of rotatable bonds is 8. The number of hydrogen-bond donors (Lipinski definition) is 1. The lowest BCUT2D eigenvalue weighted by Crippen LogP contribution is -2.43. The predicted molar refractivity (Wildman–Crippen MR) is 93.3 cm³/mol. The highest BCUT2D eigenvalue weighted by molar-refractivity contribution is 5.31. The molecule has 0 fully saturated rings. The van der Waals surface area contributed by atoms with Crippen molar-refractivity contribution in [3.8, 4) is 0 Å². The molecule has 0 spiro atoms. The van der Waals surface area contributed by atoms with Gasteiger partial charge in [-0.3, -0.25) is 0 Å². The van der Waals surface area contributed by atoms with Crippen LogP contribution in [0.15, 0.2) is 60.7 Å². The molecule has 2 nitrogen and oxygen atoms in total. The molecule has 1 N–H and O–H groups in total. The van der Waals surface area contributed by atoms with E-state index >= 15 is 0 Å². The number of nitrogens with one attached hydrogen (secondary N) is 1. The van der Waals surface area contributed by atoms with Crippen LogP contribution < -0.4 is 5.32 Å². The molecule has 0 aliphatic heterocycles. The van der Waals surface area contributed by atoms with Gasteiger partial charge in [0.15, 0.2) is 0 Å². The van der Waals surface area contributed by atoms with E-state index in [-0.39, 0.29) is 12.6 Å². The van der Waals surface area contributed by atoms with Crippen LogP contribution in [0.5, 0.6) is 0 Å². The molecular formula is C20H26FNO. The average Bonchev–Trinajstić information content (AvgIpc) is 2.57. The maximum Gasteiger partial charge on any atom is 0.141 e. The van der Waals surface area contributed by atoms with Crippen LogP contribution >= 0.6 is 0 Å². The molecule has 1 atom stereocenters. The van der Waals surface area contributed by atoms with Crippen molar-refractivity contribution in [3.63, 3.8) is 0 Å². The van der Waals surface area contributed by atoms with Crippen molar-refractivity contribution in [2.24, 2.45) is 0 Å². The van der Waals surface area contributed by atoms with Crippen LogP contribution in [-0.2, 0) is 4.74 Å². The van der Waals surface area contributed by atoms with Crippen LogP contribution in [0, 0.1) is 0 Å². The van der Waals surface area contributed by atoms with Gasteiger partial charge in [0.05, 0.1) is 11.6 Å². The van der Waals surface area contributed by atoms with E-state index in [0.29, 0.717) is 6.61 Å². The minimum absolute atomic E-state index is 0.0342. The van der Waals surface area contributed by atoms with E-state index in [1.807, 2.05) is 43.3 Å². The molecule has 0 aliphatic carbocycles. The topological polar surface area (TPSA) is 21.3 Å². The maximum atomic E-state index is 14.6. The van der Waals surface area contributed by atoms with Crippen LogP contribution in [0.2, 0.25) is 0 Å². The van der Waals surface area contributed by atoms with Gasteiger partial charge >= 0.3 is 0 Å². The summed E-state index contributed by atoms with van der Waals surface area (Å²) < 4.78 is 20.1. The smallest absolute Gasteiger partial charge is 0.141 e. The lowest BCUT2D eigenvalue weighted by molar-refractivity contribution is -0.0651. The summed E-state index contributed by atoms with van der Waals surface area (Å²) in [6.45, 7) is 6.22. The lowest BCUT2D eigenvalue weighted by Gasteiger charge is -2.30. The monoisotopic (exact) mass is 315 g/mol. The Labute approximate surface area is 138 Å². The van der Waals surface area contributed by atoms with E-state index in [4.69, 9.17) is 4.74 Å². The molecule has 0 saturated heterocycles. The van der Waals surface area contributed by atoms with Gasteiger partial charge in [-0.25, -0.2) is 4.39 Å². The largest absolute Gasteiger partial charge is 0.373 e. The average molecular weight is 315 g/mol. The van der Waals surface area contributed by atoms with Gasteiger partial charge in [0.25, 0.3) is 0 Å². The summed E-state index contributed by atoms with van der Waals surface area (Å²) in [5, 5.41) is 3.36. The maximum absolute atomic E-state index is 14.6. The third-order valence-corrected chi connectivity index (χ3v) is 4.04. The Kier molecular flexibility index (Phi) is 6.31. The second kappa shape index (κ2) is 8.23. The number of hydrogen-bond acceptors (Lipinski definition) is 2. The normalized spacial score (nSPS) is 13.3. The van der Waals surface area contributed by atoms with Crippen molar-refractivity contribution >= 4 is 0 Å². The number of alkyl halides is 1. The highest BCUT2D eigenvalue weighted by atomic mass is 19.1. The molecule has 2 aromatic rings. The van der Waals surface area contributed by atoms with E-state index in [0.717, 1.165) is 11.1 Å². The van der Waals surface area contributed by atoms with Crippen molar-refractivity contribution < 1.29 is 9.13 Å².